The number of hydrogen-bond donors (Lipinski definition) is 2. The van der Waals surface area contributed by atoms with E-state index in [2.05, 4.69) is 31.2 Å². The van der Waals surface area contributed by atoms with Crippen LogP contribution in [0.25, 0.3) is 0 Å². The van der Waals surface area contributed by atoms with Crippen LogP contribution in [0.3, 0.4) is 0 Å². The van der Waals surface area contributed by atoms with Gasteiger partial charge in [-0.2, -0.15) is 0 Å². The number of halogens is 1. The number of carbonyl (C=O) groups excluding carboxylic acids is 2. The average Bonchev–Trinajstić information content (AvgIpc) is 3.27. The predicted molar refractivity (Wildman–Crippen MR) is 119 cm³/mol. The summed E-state index contributed by atoms with van der Waals surface area (Å²) in [5, 5.41) is 2.89. The van der Waals surface area contributed by atoms with Crippen LogP contribution in [0.1, 0.15) is 28.6 Å². The molecule has 0 aliphatic carbocycles. The van der Waals surface area contributed by atoms with Crippen LogP contribution in [-0.4, -0.2) is 46.6 Å². The number of rotatable bonds is 5. The fourth-order valence-electron chi connectivity index (χ4n) is 3.90. The summed E-state index contributed by atoms with van der Waals surface area (Å²) in [7, 11) is 1.33. The van der Waals surface area contributed by atoms with Crippen molar-refractivity contribution in [2.45, 2.75) is 24.9 Å². The molecule has 7 nitrogen and oxygen atoms in total. The number of fused-ring (bicyclic) bond motifs is 1. The van der Waals surface area contributed by atoms with Gasteiger partial charge in [-0.25, -0.2) is 14.6 Å². The van der Waals surface area contributed by atoms with E-state index in [0.29, 0.717) is 19.4 Å². The molecule has 160 valence electrons. The fourth-order valence-corrected chi connectivity index (χ4v) is 4.16. The number of ether oxygens (including phenoxy) is 1. The van der Waals surface area contributed by atoms with E-state index in [0.717, 1.165) is 27.0 Å². The van der Waals surface area contributed by atoms with Crippen molar-refractivity contribution < 1.29 is 14.3 Å². The molecule has 0 fully saturated rings. The first-order chi connectivity index (χ1) is 15.1. The molecule has 1 aromatic heterocycles. The zero-order chi connectivity index (χ0) is 21.8. The van der Waals surface area contributed by atoms with Crippen molar-refractivity contribution in [3.05, 3.63) is 87.9 Å². The van der Waals surface area contributed by atoms with Gasteiger partial charge in [0.05, 0.1) is 19.1 Å². The molecular weight excluding hydrogens is 460 g/mol. The predicted octanol–water partition coefficient (Wildman–Crippen LogP) is 3.61. The summed E-state index contributed by atoms with van der Waals surface area (Å²) in [6.07, 6.45) is 2.67. The first-order valence-corrected chi connectivity index (χ1v) is 10.8. The first kappa shape index (κ1) is 21.1. The number of benzene rings is 2. The van der Waals surface area contributed by atoms with Gasteiger partial charge in [0.15, 0.2) is 0 Å². The molecule has 1 aliphatic heterocycles. The molecule has 2 amide bonds. The minimum absolute atomic E-state index is 0.326. The molecule has 0 spiro atoms. The fraction of sp³-hybridized carbons (Fsp3) is 0.261. The smallest absolute Gasteiger partial charge is 0.328 e. The summed E-state index contributed by atoms with van der Waals surface area (Å²) in [5.74, 6) is -0.477. The Morgan fingerprint density at radius 1 is 1.23 bits per heavy atom. The van der Waals surface area contributed by atoms with Gasteiger partial charge in [-0.05, 0) is 23.3 Å². The first-order valence-electron chi connectivity index (χ1n) is 10.0. The van der Waals surface area contributed by atoms with Crippen LogP contribution in [0.5, 0.6) is 0 Å². The third kappa shape index (κ3) is 4.64. The van der Waals surface area contributed by atoms with Crippen molar-refractivity contribution in [1.29, 1.82) is 0 Å². The lowest BCUT2D eigenvalue weighted by molar-refractivity contribution is -0.142. The SMILES string of the molecule is COC(=O)[C@H](Cc1ccccc1)NC(=O)N1CCc2[nH]cnc2[C@H]1c1ccc(Br)cc1. The van der Waals surface area contributed by atoms with Crippen LogP contribution < -0.4 is 5.32 Å². The van der Waals surface area contributed by atoms with Gasteiger partial charge in [0, 0.05) is 29.6 Å². The third-order valence-electron chi connectivity index (χ3n) is 5.44. The lowest BCUT2D eigenvalue weighted by atomic mass is 9.96. The van der Waals surface area contributed by atoms with Gasteiger partial charge in [0.2, 0.25) is 0 Å². The minimum atomic E-state index is -0.786. The zero-order valence-corrected chi connectivity index (χ0v) is 18.6. The van der Waals surface area contributed by atoms with Crippen LogP contribution in [-0.2, 0) is 22.4 Å². The monoisotopic (exact) mass is 482 g/mol. The Balaban J connectivity index is 1.60. The highest BCUT2D eigenvalue weighted by atomic mass is 79.9. The number of amides is 2. The van der Waals surface area contributed by atoms with Crippen LogP contribution in [0.4, 0.5) is 4.79 Å². The van der Waals surface area contributed by atoms with Gasteiger partial charge in [-0.15, -0.1) is 0 Å². The van der Waals surface area contributed by atoms with Crippen molar-refractivity contribution in [3.8, 4) is 0 Å². The topological polar surface area (TPSA) is 87.3 Å². The van der Waals surface area contributed by atoms with Crippen molar-refractivity contribution >= 4 is 27.9 Å². The van der Waals surface area contributed by atoms with E-state index in [1.807, 2.05) is 54.6 Å². The highest BCUT2D eigenvalue weighted by molar-refractivity contribution is 9.10. The van der Waals surface area contributed by atoms with Gasteiger partial charge in [-0.1, -0.05) is 58.4 Å². The maximum Gasteiger partial charge on any atom is 0.328 e. The van der Waals surface area contributed by atoms with Crippen LogP contribution in [0.2, 0.25) is 0 Å². The number of methoxy groups -OCH3 is 1. The molecule has 2 aromatic carbocycles. The zero-order valence-electron chi connectivity index (χ0n) is 17.0. The second-order valence-corrected chi connectivity index (χ2v) is 8.29. The molecule has 2 atom stereocenters. The van der Waals surface area contributed by atoms with E-state index in [1.54, 1.807) is 11.2 Å². The molecule has 0 saturated carbocycles. The normalized spacial score (nSPS) is 16.3. The van der Waals surface area contributed by atoms with Gasteiger partial charge in [0.1, 0.15) is 12.1 Å². The molecule has 3 aromatic rings. The number of H-pyrrole nitrogens is 1. The van der Waals surface area contributed by atoms with Crippen molar-refractivity contribution in [2.24, 2.45) is 0 Å². The highest BCUT2D eigenvalue weighted by Gasteiger charge is 2.35. The Hall–Kier alpha value is -3.13. The molecule has 0 saturated heterocycles. The van der Waals surface area contributed by atoms with E-state index in [-0.39, 0.29) is 12.1 Å². The Labute approximate surface area is 189 Å². The summed E-state index contributed by atoms with van der Waals surface area (Å²) in [5.41, 5.74) is 3.73. The van der Waals surface area contributed by atoms with E-state index < -0.39 is 12.0 Å². The molecule has 31 heavy (non-hydrogen) atoms. The van der Waals surface area contributed by atoms with E-state index >= 15 is 0 Å². The van der Waals surface area contributed by atoms with Gasteiger partial charge in [0.25, 0.3) is 0 Å². The highest BCUT2D eigenvalue weighted by Crippen LogP contribution is 2.34. The van der Waals surface area contributed by atoms with E-state index in [1.165, 1.54) is 7.11 Å². The molecule has 4 rings (SSSR count). The maximum absolute atomic E-state index is 13.4. The van der Waals surface area contributed by atoms with Crippen molar-refractivity contribution in [2.75, 3.05) is 13.7 Å². The van der Waals surface area contributed by atoms with Crippen LogP contribution >= 0.6 is 15.9 Å². The summed E-state index contributed by atoms with van der Waals surface area (Å²) in [4.78, 5) is 35.2. The molecule has 8 heteroatoms. The molecule has 0 bridgehead atoms. The number of aromatic nitrogens is 2. The molecule has 0 unspecified atom stereocenters. The number of aromatic amines is 1. The van der Waals surface area contributed by atoms with Crippen molar-refractivity contribution in [1.82, 2.24) is 20.2 Å². The van der Waals surface area contributed by atoms with E-state index in [4.69, 9.17) is 4.74 Å². The number of carbonyl (C=O) groups is 2. The number of hydrogen-bond acceptors (Lipinski definition) is 4. The van der Waals surface area contributed by atoms with Crippen LogP contribution in [0, 0.1) is 0 Å². The van der Waals surface area contributed by atoms with Crippen molar-refractivity contribution in [3.63, 3.8) is 0 Å². The quantitative estimate of drug-likeness (QED) is 0.543. The number of nitrogens with one attached hydrogen (secondary N) is 2. The molecule has 0 radical (unpaired) electrons. The Morgan fingerprint density at radius 3 is 2.68 bits per heavy atom. The number of nitrogens with zero attached hydrogens (tertiary/aromatic N) is 2. The second kappa shape index (κ2) is 9.34. The Morgan fingerprint density at radius 2 is 1.97 bits per heavy atom. The second-order valence-electron chi connectivity index (χ2n) is 7.38. The molecule has 2 heterocycles. The van der Waals surface area contributed by atoms with Crippen LogP contribution in [0.15, 0.2) is 65.4 Å². The van der Waals surface area contributed by atoms with Gasteiger partial charge < -0.3 is 19.9 Å². The Kier molecular flexibility index (Phi) is 6.36. The number of esters is 1. The summed E-state index contributed by atoms with van der Waals surface area (Å²) >= 11 is 3.46. The van der Waals surface area contributed by atoms with E-state index in [9.17, 15) is 9.59 Å². The Bertz CT molecular complexity index is 1050. The summed E-state index contributed by atoms with van der Waals surface area (Å²) in [6, 6.07) is 15.9. The summed E-state index contributed by atoms with van der Waals surface area (Å²) < 4.78 is 5.90. The summed E-state index contributed by atoms with van der Waals surface area (Å²) in [6.45, 7) is 0.501. The van der Waals surface area contributed by atoms with Gasteiger partial charge >= 0.3 is 12.0 Å². The maximum atomic E-state index is 13.4. The van der Waals surface area contributed by atoms with Gasteiger partial charge in [-0.3, -0.25) is 0 Å². The largest absolute Gasteiger partial charge is 0.467 e. The lowest BCUT2D eigenvalue weighted by Crippen LogP contribution is -2.52. The molecule has 2 N–H and O–H groups in total. The third-order valence-corrected chi connectivity index (χ3v) is 5.97. The minimum Gasteiger partial charge on any atom is -0.467 e. The average molecular weight is 483 g/mol. The molecular formula is C23H23BrN4O3. The standard InChI is InChI=1S/C23H23BrN4O3/c1-31-22(29)19(13-15-5-3-2-4-6-15)27-23(30)28-12-11-18-20(26-14-25-18)21(28)16-7-9-17(24)10-8-16/h2-10,14,19,21H,11-13H2,1H3,(H,25,26)(H,27,30)/t19-,21+/m0/s1. The lowest BCUT2D eigenvalue weighted by Gasteiger charge is -2.36. The number of imidazole rings is 1. The molecule has 1 aliphatic rings. The number of urea groups is 1.